The highest BCUT2D eigenvalue weighted by atomic mass is 35.5. The first-order valence-electron chi connectivity index (χ1n) is 7.06. The highest BCUT2D eigenvalue weighted by Crippen LogP contribution is 2.46. The van der Waals surface area contributed by atoms with E-state index in [0.717, 1.165) is 0 Å². The average molecular weight is 366 g/mol. The quantitative estimate of drug-likeness (QED) is 0.814. The first kappa shape index (κ1) is 16.8. The number of benzene rings is 2. The van der Waals surface area contributed by atoms with Gasteiger partial charge < -0.3 is 15.2 Å². The van der Waals surface area contributed by atoms with E-state index in [0.29, 0.717) is 11.3 Å². The molecule has 1 amide bonds. The van der Waals surface area contributed by atoms with Gasteiger partial charge in [0.25, 0.3) is 5.91 Å². The minimum absolute atomic E-state index is 0.128. The number of nitrogens with one attached hydrogen (secondary N) is 1. The van der Waals surface area contributed by atoms with Gasteiger partial charge >= 0.3 is 0 Å². The summed E-state index contributed by atoms with van der Waals surface area (Å²) in [5.74, 6) is -0.530. The molecule has 0 aromatic heterocycles. The SMILES string of the molecule is COc1ccc(C(=O)C[C@@]2(O)C(=O)Nc3c(Cl)ccc(Cl)c32)cc1. The van der Waals surface area contributed by atoms with Crippen molar-refractivity contribution in [2.24, 2.45) is 0 Å². The molecule has 1 heterocycles. The van der Waals surface area contributed by atoms with Crippen molar-refractivity contribution in [1.82, 2.24) is 0 Å². The third kappa shape index (κ3) is 2.65. The number of hydrogen-bond donors (Lipinski definition) is 2. The van der Waals surface area contributed by atoms with Gasteiger partial charge in [0.2, 0.25) is 0 Å². The molecule has 0 spiro atoms. The van der Waals surface area contributed by atoms with Crippen LogP contribution in [-0.4, -0.2) is 23.9 Å². The molecule has 2 aromatic rings. The van der Waals surface area contributed by atoms with E-state index in [1.54, 1.807) is 24.3 Å². The highest BCUT2D eigenvalue weighted by molar-refractivity contribution is 6.38. The Bertz CT molecular complexity index is 835. The predicted molar refractivity (Wildman–Crippen MR) is 90.9 cm³/mol. The summed E-state index contributed by atoms with van der Waals surface area (Å²) < 4.78 is 5.04. The number of carbonyl (C=O) groups is 2. The van der Waals surface area contributed by atoms with Crippen molar-refractivity contribution in [1.29, 1.82) is 0 Å². The van der Waals surface area contributed by atoms with Crippen LogP contribution in [-0.2, 0) is 10.4 Å². The summed E-state index contributed by atoms with van der Waals surface area (Å²) in [7, 11) is 1.52. The Morgan fingerprint density at radius 1 is 1.17 bits per heavy atom. The number of methoxy groups -OCH3 is 1. The van der Waals surface area contributed by atoms with Crippen LogP contribution in [0.5, 0.6) is 5.75 Å². The Labute approximate surface area is 148 Å². The smallest absolute Gasteiger partial charge is 0.261 e. The molecule has 0 fully saturated rings. The van der Waals surface area contributed by atoms with E-state index in [1.165, 1.54) is 19.2 Å². The zero-order chi connectivity index (χ0) is 17.5. The maximum Gasteiger partial charge on any atom is 0.261 e. The van der Waals surface area contributed by atoms with Crippen LogP contribution < -0.4 is 10.1 Å². The van der Waals surface area contributed by atoms with Gasteiger partial charge in [0.1, 0.15) is 5.75 Å². The number of hydrogen-bond acceptors (Lipinski definition) is 4. The number of ketones is 1. The normalized spacial score (nSPS) is 18.9. The summed E-state index contributed by atoms with van der Waals surface area (Å²) >= 11 is 12.2. The van der Waals surface area contributed by atoms with E-state index < -0.39 is 23.7 Å². The molecule has 7 heteroatoms. The van der Waals surface area contributed by atoms with Gasteiger partial charge in [0.15, 0.2) is 11.4 Å². The Morgan fingerprint density at radius 2 is 1.79 bits per heavy atom. The number of ether oxygens (including phenoxy) is 1. The molecule has 5 nitrogen and oxygen atoms in total. The summed E-state index contributed by atoms with van der Waals surface area (Å²) in [5, 5.41) is 13.8. The van der Waals surface area contributed by atoms with Crippen molar-refractivity contribution >= 4 is 40.6 Å². The zero-order valence-corrected chi connectivity index (χ0v) is 14.1. The molecule has 0 aliphatic carbocycles. The van der Waals surface area contributed by atoms with Gasteiger partial charge in [-0.3, -0.25) is 9.59 Å². The third-order valence-corrected chi connectivity index (χ3v) is 4.59. The molecule has 2 aromatic carbocycles. The minimum Gasteiger partial charge on any atom is -0.497 e. The second-order valence-electron chi connectivity index (χ2n) is 5.42. The second-order valence-corrected chi connectivity index (χ2v) is 6.24. The summed E-state index contributed by atoms with van der Waals surface area (Å²) in [5.41, 5.74) is -1.35. The molecule has 0 radical (unpaired) electrons. The molecular formula is C17H13Cl2NO4. The lowest BCUT2D eigenvalue weighted by molar-refractivity contribution is -0.133. The van der Waals surface area contributed by atoms with E-state index >= 15 is 0 Å². The number of fused-ring (bicyclic) bond motifs is 1. The molecule has 1 aliphatic heterocycles. The maximum absolute atomic E-state index is 12.5. The molecule has 1 aliphatic rings. The van der Waals surface area contributed by atoms with Gasteiger partial charge in [0, 0.05) is 16.1 Å². The fraction of sp³-hybridized carbons (Fsp3) is 0.176. The Balaban J connectivity index is 1.96. The monoisotopic (exact) mass is 365 g/mol. The fourth-order valence-corrected chi connectivity index (χ4v) is 3.21. The van der Waals surface area contributed by atoms with Crippen molar-refractivity contribution in [2.45, 2.75) is 12.0 Å². The molecule has 2 N–H and O–H groups in total. The number of amides is 1. The second kappa shape index (κ2) is 6.09. The summed E-state index contributed by atoms with van der Waals surface area (Å²) in [6, 6.07) is 9.38. The minimum atomic E-state index is -2.06. The molecule has 1 atom stereocenters. The van der Waals surface area contributed by atoms with Crippen molar-refractivity contribution in [3.05, 3.63) is 57.6 Å². The van der Waals surface area contributed by atoms with E-state index in [2.05, 4.69) is 5.32 Å². The van der Waals surface area contributed by atoms with Crippen LogP contribution in [0.1, 0.15) is 22.3 Å². The van der Waals surface area contributed by atoms with E-state index in [-0.39, 0.29) is 21.3 Å². The number of Topliss-reactive ketones (excluding diaryl/α,β-unsaturated/α-hetero) is 1. The molecule has 0 saturated heterocycles. The third-order valence-electron chi connectivity index (χ3n) is 3.96. The van der Waals surface area contributed by atoms with Crippen molar-refractivity contribution in [3.63, 3.8) is 0 Å². The largest absolute Gasteiger partial charge is 0.497 e. The predicted octanol–water partition coefficient (Wildman–Crippen LogP) is 3.41. The van der Waals surface area contributed by atoms with Crippen molar-refractivity contribution < 1.29 is 19.4 Å². The Hall–Kier alpha value is -2.08. The molecule has 0 bridgehead atoms. The molecule has 0 unspecified atom stereocenters. The lowest BCUT2D eigenvalue weighted by Crippen LogP contribution is -2.36. The number of anilines is 1. The topological polar surface area (TPSA) is 75.6 Å². The van der Waals surface area contributed by atoms with E-state index in [4.69, 9.17) is 27.9 Å². The molecule has 124 valence electrons. The molecule has 3 rings (SSSR count). The Kier molecular flexibility index (Phi) is 4.25. The van der Waals surface area contributed by atoms with Crippen LogP contribution in [0.25, 0.3) is 0 Å². The van der Waals surface area contributed by atoms with Crippen LogP contribution >= 0.6 is 23.2 Å². The van der Waals surface area contributed by atoms with Crippen LogP contribution in [0, 0.1) is 0 Å². The van der Waals surface area contributed by atoms with Gasteiger partial charge in [-0.1, -0.05) is 23.2 Å². The van der Waals surface area contributed by atoms with Crippen LogP contribution in [0.2, 0.25) is 10.0 Å². The molecular weight excluding hydrogens is 353 g/mol. The van der Waals surface area contributed by atoms with E-state index in [1.807, 2.05) is 0 Å². The highest BCUT2D eigenvalue weighted by Gasteiger charge is 2.49. The Morgan fingerprint density at radius 3 is 2.42 bits per heavy atom. The maximum atomic E-state index is 12.5. The molecule has 24 heavy (non-hydrogen) atoms. The van der Waals surface area contributed by atoms with Crippen molar-refractivity contribution in [2.75, 3.05) is 12.4 Å². The van der Waals surface area contributed by atoms with Gasteiger partial charge in [-0.05, 0) is 36.4 Å². The summed E-state index contributed by atoms with van der Waals surface area (Å²) in [4.78, 5) is 24.8. The lowest BCUT2D eigenvalue weighted by atomic mass is 9.88. The lowest BCUT2D eigenvalue weighted by Gasteiger charge is -2.21. The first-order chi connectivity index (χ1) is 11.4. The van der Waals surface area contributed by atoms with Crippen LogP contribution in [0.4, 0.5) is 5.69 Å². The number of aliphatic hydroxyl groups is 1. The fourth-order valence-electron chi connectivity index (χ4n) is 2.69. The first-order valence-corrected chi connectivity index (χ1v) is 7.82. The van der Waals surface area contributed by atoms with Gasteiger partial charge in [0.05, 0.1) is 24.2 Å². The summed E-state index contributed by atoms with van der Waals surface area (Å²) in [6.07, 6.45) is -0.446. The number of halogens is 2. The van der Waals surface area contributed by atoms with E-state index in [9.17, 15) is 14.7 Å². The summed E-state index contributed by atoms with van der Waals surface area (Å²) in [6.45, 7) is 0. The standard InChI is InChI=1S/C17H13Cl2NO4/c1-24-10-4-2-9(3-5-10)13(21)8-17(23)14-11(18)6-7-12(19)15(14)20-16(17)22/h2-7,23H,8H2,1H3,(H,20,22)/t17-/m0/s1. The van der Waals surface area contributed by atoms with Crippen LogP contribution in [0.3, 0.4) is 0 Å². The van der Waals surface area contributed by atoms with Gasteiger partial charge in [-0.2, -0.15) is 0 Å². The number of rotatable bonds is 4. The van der Waals surface area contributed by atoms with Crippen molar-refractivity contribution in [3.8, 4) is 5.75 Å². The average Bonchev–Trinajstić information content (AvgIpc) is 2.83. The van der Waals surface area contributed by atoms with Gasteiger partial charge in [-0.15, -0.1) is 0 Å². The van der Waals surface area contributed by atoms with Gasteiger partial charge in [-0.25, -0.2) is 0 Å². The zero-order valence-electron chi connectivity index (χ0n) is 12.6. The number of carbonyl (C=O) groups excluding carboxylic acids is 2. The molecule has 0 saturated carbocycles. The van der Waals surface area contributed by atoms with Crippen LogP contribution in [0.15, 0.2) is 36.4 Å².